The largest absolute Gasteiger partial charge is 0.497 e. The van der Waals surface area contributed by atoms with E-state index >= 15 is 0 Å². The average molecular weight is 449 g/mol. The summed E-state index contributed by atoms with van der Waals surface area (Å²) in [5, 5.41) is 16.0. The molecule has 0 saturated carbocycles. The molecule has 0 aliphatic carbocycles. The zero-order valence-corrected chi connectivity index (χ0v) is 19.1. The lowest BCUT2D eigenvalue weighted by Gasteiger charge is -2.20. The van der Waals surface area contributed by atoms with Crippen molar-refractivity contribution in [3.63, 3.8) is 0 Å². The molecule has 1 fully saturated rings. The molecule has 1 aromatic heterocycles. The number of aryl methyl sites for hydroxylation is 1. The number of hydrogen-bond acceptors (Lipinski definition) is 6. The number of nitrogens with zero attached hydrogens (tertiary/aromatic N) is 5. The number of amidine groups is 3. The van der Waals surface area contributed by atoms with E-state index in [9.17, 15) is 4.79 Å². The molecule has 4 heterocycles. The lowest BCUT2D eigenvalue weighted by atomic mass is 10.1. The maximum absolute atomic E-state index is 12.8. The molecule has 164 valence electrons. The van der Waals surface area contributed by atoms with Gasteiger partial charge in [0.1, 0.15) is 5.75 Å². The summed E-state index contributed by atoms with van der Waals surface area (Å²) in [7, 11) is 1.65. The van der Waals surface area contributed by atoms with E-state index < -0.39 is 5.91 Å². The summed E-state index contributed by atoms with van der Waals surface area (Å²) in [6.45, 7) is 5.93. The molecule has 1 saturated heterocycles. The van der Waals surface area contributed by atoms with Crippen molar-refractivity contribution in [1.29, 1.82) is 5.41 Å². The smallest absolute Gasteiger partial charge is 0.283 e. The van der Waals surface area contributed by atoms with E-state index in [1.54, 1.807) is 13.2 Å². The third-order valence-corrected chi connectivity index (χ3v) is 6.89. The number of aliphatic imine (C=N–C) groups is 1. The Labute approximate surface area is 190 Å². The Balaban J connectivity index is 1.47. The number of thioether (sulfide) groups is 1. The molecule has 32 heavy (non-hydrogen) atoms. The fraction of sp³-hybridized carbons (Fsp3) is 0.304. The standard InChI is InChI=1S/C23H24N6O2S/c1-14-12-16(15(2)28(14)17-6-8-18(31-3)9-7-17)13-19-20(24)29-22(25-21(19)30)32-23(26-29)27-10-4-5-11-27/h6-9,12-13,24H,4-5,10-11H2,1-3H3/b19-13+,24-20?. The van der Waals surface area contributed by atoms with E-state index in [0.29, 0.717) is 5.17 Å². The predicted molar refractivity (Wildman–Crippen MR) is 128 cm³/mol. The molecule has 2 aromatic rings. The number of aromatic nitrogens is 1. The van der Waals surface area contributed by atoms with Crippen molar-refractivity contribution in [3.8, 4) is 11.4 Å². The van der Waals surface area contributed by atoms with E-state index in [1.165, 1.54) is 16.8 Å². The molecule has 1 N–H and O–H groups in total. The average Bonchev–Trinajstić information content (AvgIpc) is 3.51. The summed E-state index contributed by atoms with van der Waals surface area (Å²) < 4.78 is 7.37. The Kier molecular flexibility index (Phi) is 5.13. The number of likely N-dealkylation sites (tertiary alicyclic amines) is 1. The molecule has 1 aromatic carbocycles. The number of amides is 1. The van der Waals surface area contributed by atoms with Crippen LogP contribution in [0.5, 0.6) is 5.75 Å². The molecule has 0 spiro atoms. The Morgan fingerprint density at radius 3 is 2.53 bits per heavy atom. The minimum Gasteiger partial charge on any atom is -0.497 e. The van der Waals surface area contributed by atoms with E-state index in [2.05, 4.69) is 19.6 Å². The number of hydrogen-bond donors (Lipinski definition) is 1. The topological polar surface area (TPSA) is 86.3 Å². The van der Waals surface area contributed by atoms with E-state index in [0.717, 1.165) is 59.5 Å². The van der Waals surface area contributed by atoms with Gasteiger partial charge in [-0.25, -0.2) is 0 Å². The number of hydrazone groups is 1. The second kappa shape index (κ2) is 7.98. The van der Waals surface area contributed by atoms with Gasteiger partial charge in [0.15, 0.2) is 11.0 Å². The monoisotopic (exact) mass is 448 g/mol. The summed E-state index contributed by atoms with van der Waals surface area (Å²) in [5.74, 6) is 0.461. The number of carbonyl (C=O) groups excluding carboxylic acids is 1. The van der Waals surface area contributed by atoms with Crippen LogP contribution in [0.25, 0.3) is 11.8 Å². The third kappa shape index (κ3) is 3.42. The highest BCUT2D eigenvalue weighted by atomic mass is 32.2. The predicted octanol–water partition coefficient (Wildman–Crippen LogP) is 3.78. The minimum atomic E-state index is -0.402. The number of benzene rings is 1. The van der Waals surface area contributed by atoms with Crippen molar-refractivity contribution in [1.82, 2.24) is 14.5 Å². The van der Waals surface area contributed by atoms with Crippen LogP contribution < -0.4 is 4.74 Å². The Hall–Kier alpha value is -3.33. The van der Waals surface area contributed by atoms with Crippen LogP contribution in [-0.4, -0.2) is 56.8 Å². The molecule has 0 atom stereocenters. The summed E-state index contributed by atoms with van der Waals surface area (Å²) in [4.78, 5) is 19.2. The van der Waals surface area contributed by atoms with Gasteiger partial charge < -0.3 is 14.2 Å². The third-order valence-electron chi connectivity index (χ3n) is 5.92. The highest BCUT2D eigenvalue weighted by Crippen LogP contribution is 2.32. The fourth-order valence-corrected chi connectivity index (χ4v) is 5.18. The van der Waals surface area contributed by atoms with Crippen molar-refractivity contribution in [2.45, 2.75) is 26.7 Å². The van der Waals surface area contributed by atoms with Crippen LogP contribution >= 0.6 is 11.8 Å². The highest BCUT2D eigenvalue weighted by molar-refractivity contribution is 8.26. The first-order chi connectivity index (χ1) is 15.5. The van der Waals surface area contributed by atoms with Crippen LogP contribution in [0, 0.1) is 19.3 Å². The SMILES string of the molecule is COc1ccc(-n2c(C)cc(/C=C3\C(=N)N4N=C(N5CCCC5)SC4=NC3=O)c2C)cc1. The van der Waals surface area contributed by atoms with Crippen molar-refractivity contribution in [3.05, 3.63) is 52.9 Å². The summed E-state index contributed by atoms with van der Waals surface area (Å²) in [6, 6.07) is 9.85. The second-order valence-corrected chi connectivity index (χ2v) is 8.89. The van der Waals surface area contributed by atoms with Gasteiger partial charge in [-0.05, 0) is 80.4 Å². The number of ether oxygens (including phenoxy) is 1. The van der Waals surface area contributed by atoms with Gasteiger partial charge in [0.05, 0.1) is 12.7 Å². The normalized spacial score (nSPS) is 19.5. The molecular weight excluding hydrogens is 424 g/mol. The van der Waals surface area contributed by atoms with Crippen molar-refractivity contribution >= 4 is 39.9 Å². The molecule has 9 heteroatoms. The van der Waals surface area contributed by atoms with Crippen molar-refractivity contribution in [2.24, 2.45) is 10.1 Å². The zero-order valence-electron chi connectivity index (χ0n) is 18.3. The van der Waals surface area contributed by atoms with Crippen LogP contribution in [0.15, 0.2) is 46.0 Å². The Morgan fingerprint density at radius 1 is 1.12 bits per heavy atom. The van der Waals surface area contributed by atoms with Gasteiger partial charge in [-0.15, -0.1) is 5.10 Å². The number of nitrogens with one attached hydrogen (secondary N) is 1. The van der Waals surface area contributed by atoms with Crippen LogP contribution in [0.1, 0.15) is 29.8 Å². The Morgan fingerprint density at radius 2 is 1.84 bits per heavy atom. The van der Waals surface area contributed by atoms with Crippen LogP contribution in [-0.2, 0) is 4.79 Å². The lowest BCUT2D eigenvalue weighted by molar-refractivity contribution is -0.114. The van der Waals surface area contributed by atoms with E-state index in [4.69, 9.17) is 10.1 Å². The molecule has 0 bridgehead atoms. The summed E-state index contributed by atoms with van der Waals surface area (Å²) in [6.07, 6.45) is 4.02. The zero-order chi connectivity index (χ0) is 22.4. The highest BCUT2D eigenvalue weighted by Gasteiger charge is 2.37. The molecule has 3 aliphatic rings. The molecule has 8 nitrogen and oxygen atoms in total. The second-order valence-electron chi connectivity index (χ2n) is 7.96. The fourth-order valence-electron chi connectivity index (χ4n) is 4.24. The number of rotatable bonds is 3. The van der Waals surface area contributed by atoms with E-state index in [-0.39, 0.29) is 11.4 Å². The maximum Gasteiger partial charge on any atom is 0.283 e. The van der Waals surface area contributed by atoms with Gasteiger partial charge in [-0.3, -0.25) is 10.2 Å². The molecule has 1 amide bonds. The summed E-state index contributed by atoms with van der Waals surface area (Å²) >= 11 is 1.37. The molecule has 0 unspecified atom stereocenters. The maximum atomic E-state index is 12.8. The van der Waals surface area contributed by atoms with Crippen molar-refractivity contribution in [2.75, 3.05) is 20.2 Å². The molecular formula is C23H24N6O2S. The minimum absolute atomic E-state index is 0.0657. The van der Waals surface area contributed by atoms with Gasteiger partial charge in [0.2, 0.25) is 5.17 Å². The first-order valence-corrected chi connectivity index (χ1v) is 11.4. The lowest BCUT2D eigenvalue weighted by Crippen LogP contribution is -2.35. The quantitative estimate of drug-likeness (QED) is 0.723. The van der Waals surface area contributed by atoms with Crippen LogP contribution in [0.4, 0.5) is 0 Å². The number of fused-ring (bicyclic) bond motifs is 1. The van der Waals surface area contributed by atoms with Gasteiger partial charge in [0, 0.05) is 30.2 Å². The van der Waals surface area contributed by atoms with Gasteiger partial charge in [-0.2, -0.15) is 10.0 Å². The Bertz CT molecular complexity index is 1200. The molecule has 0 radical (unpaired) electrons. The molecule has 3 aliphatic heterocycles. The van der Waals surface area contributed by atoms with Crippen LogP contribution in [0.3, 0.4) is 0 Å². The molecule has 5 rings (SSSR count). The van der Waals surface area contributed by atoms with Crippen molar-refractivity contribution < 1.29 is 9.53 Å². The van der Waals surface area contributed by atoms with Gasteiger partial charge >= 0.3 is 0 Å². The van der Waals surface area contributed by atoms with Gasteiger partial charge in [0.25, 0.3) is 5.91 Å². The first kappa shape index (κ1) is 20.6. The number of carbonyl (C=O) groups is 1. The first-order valence-electron chi connectivity index (χ1n) is 10.5. The van der Waals surface area contributed by atoms with Crippen LogP contribution in [0.2, 0.25) is 0 Å². The van der Waals surface area contributed by atoms with Gasteiger partial charge in [-0.1, -0.05) is 0 Å². The number of methoxy groups -OCH3 is 1. The summed E-state index contributed by atoms with van der Waals surface area (Å²) in [5.41, 5.74) is 4.14. The van der Waals surface area contributed by atoms with E-state index in [1.807, 2.05) is 44.2 Å².